The minimum atomic E-state index is -0.570. The standard InChI is InChI=1S/C19H18N4O7/c1-27-13-5-3-12(4-6-13)19-21-18(30-22-19)10-20-17(24)11-29-14-7-8-15(23(25)26)16(9-14)28-2/h3-9H,10-11H2,1-2H3,(H,20,24). The molecule has 1 amide bonds. The average Bonchev–Trinajstić information content (AvgIpc) is 3.25. The maximum absolute atomic E-state index is 12.0. The lowest BCUT2D eigenvalue weighted by Crippen LogP contribution is -2.28. The molecule has 0 aliphatic rings. The quantitative estimate of drug-likeness (QED) is 0.413. The van der Waals surface area contributed by atoms with Crippen molar-refractivity contribution in [3.8, 4) is 28.6 Å². The number of nitrogens with one attached hydrogen (secondary N) is 1. The van der Waals surface area contributed by atoms with Gasteiger partial charge in [-0.05, 0) is 30.3 Å². The van der Waals surface area contributed by atoms with Crippen molar-refractivity contribution in [1.29, 1.82) is 0 Å². The number of hydrogen-bond acceptors (Lipinski definition) is 9. The zero-order chi connectivity index (χ0) is 21.5. The molecule has 3 aromatic rings. The summed E-state index contributed by atoms with van der Waals surface area (Å²) in [7, 11) is 2.88. The van der Waals surface area contributed by atoms with E-state index >= 15 is 0 Å². The molecule has 2 aromatic carbocycles. The number of ether oxygens (including phenoxy) is 3. The second kappa shape index (κ2) is 9.37. The van der Waals surface area contributed by atoms with Crippen LogP contribution in [-0.4, -0.2) is 41.8 Å². The van der Waals surface area contributed by atoms with Crippen LogP contribution in [0, 0.1) is 10.1 Å². The molecule has 0 atom stereocenters. The number of nitro groups is 1. The third-order valence-electron chi connectivity index (χ3n) is 3.97. The lowest BCUT2D eigenvalue weighted by Gasteiger charge is -2.08. The molecule has 1 heterocycles. The Bertz CT molecular complexity index is 1030. The highest BCUT2D eigenvalue weighted by Crippen LogP contribution is 2.30. The fourth-order valence-corrected chi connectivity index (χ4v) is 2.46. The van der Waals surface area contributed by atoms with Crippen molar-refractivity contribution in [3.05, 3.63) is 58.5 Å². The summed E-state index contributed by atoms with van der Waals surface area (Å²) in [6, 6.07) is 11.1. The van der Waals surface area contributed by atoms with Crippen LogP contribution in [0.2, 0.25) is 0 Å². The van der Waals surface area contributed by atoms with Crippen molar-refractivity contribution in [2.75, 3.05) is 20.8 Å². The lowest BCUT2D eigenvalue weighted by atomic mass is 10.2. The van der Waals surface area contributed by atoms with E-state index in [1.165, 1.54) is 25.3 Å². The number of amides is 1. The number of methoxy groups -OCH3 is 2. The van der Waals surface area contributed by atoms with Gasteiger partial charge < -0.3 is 24.1 Å². The summed E-state index contributed by atoms with van der Waals surface area (Å²) in [6.07, 6.45) is 0. The molecule has 0 saturated carbocycles. The van der Waals surface area contributed by atoms with Crippen LogP contribution in [-0.2, 0) is 11.3 Å². The Kier molecular flexibility index (Phi) is 6.42. The van der Waals surface area contributed by atoms with Crippen molar-refractivity contribution in [2.45, 2.75) is 6.54 Å². The molecule has 156 valence electrons. The number of rotatable bonds is 9. The summed E-state index contributed by atoms with van der Waals surface area (Å²) in [5.41, 5.74) is 0.547. The van der Waals surface area contributed by atoms with E-state index in [9.17, 15) is 14.9 Å². The molecule has 1 aromatic heterocycles. The van der Waals surface area contributed by atoms with Gasteiger partial charge in [-0.1, -0.05) is 5.16 Å². The van der Waals surface area contributed by atoms with Gasteiger partial charge in [0.25, 0.3) is 5.91 Å². The first-order chi connectivity index (χ1) is 14.5. The first-order valence-corrected chi connectivity index (χ1v) is 8.69. The normalized spacial score (nSPS) is 10.3. The van der Waals surface area contributed by atoms with Crippen molar-refractivity contribution in [3.63, 3.8) is 0 Å². The monoisotopic (exact) mass is 414 g/mol. The minimum Gasteiger partial charge on any atom is -0.497 e. The molecule has 0 aliphatic carbocycles. The maximum atomic E-state index is 12.0. The molecule has 30 heavy (non-hydrogen) atoms. The minimum absolute atomic E-state index is 0.0227. The van der Waals surface area contributed by atoms with E-state index < -0.39 is 10.8 Å². The van der Waals surface area contributed by atoms with E-state index in [1.807, 2.05) is 0 Å². The molecule has 11 heteroatoms. The van der Waals surface area contributed by atoms with Crippen LogP contribution in [0.1, 0.15) is 5.89 Å². The summed E-state index contributed by atoms with van der Waals surface area (Å²) >= 11 is 0. The highest BCUT2D eigenvalue weighted by molar-refractivity contribution is 5.77. The molecule has 1 N–H and O–H groups in total. The number of aromatic nitrogens is 2. The molecular weight excluding hydrogens is 396 g/mol. The van der Waals surface area contributed by atoms with Crippen LogP contribution in [0.3, 0.4) is 0 Å². The van der Waals surface area contributed by atoms with Gasteiger partial charge in [-0.25, -0.2) is 0 Å². The van der Waals surface area contributed by atoms with Gasteiger partial charge in [-0.15, -0.1) is 0 Å². The number of benzene rings is 2. The molecule has 0 spiro atoms. The summed E-state index contributed by atoms with van der Waals surface area (Å²) in [4.78, 5) is 26.5. The second-order valence-corrected chi connectivity index (χ2v) is 5.90. The molecular formula is C19H18N4O7. The Labute approximate surface area is 170 Å². The Morgan fingerprint density at radius 3 is 2.53 bits per heavy atom. The molecule has 3 rings (SSSR count). The van der Waals surface area contributed by atoms with Gasteiger partial charge >= 0.3 is 5.69 Å². The molecule has 0 radical (unpaired) electrons. The highest BCUT2D eigenvalue weighted by Gasteiger charge is 2.16. The van der Waals surface area contributed by atoms with Crippen LogP contribution in [0.4, 0.5) is 5.69 Å². The smallest absolute Gasteiger partial charge is 0.311 e. The number of hydrogen-bond donors (Lipinski definition) is 1. The van der Waals surface area contributed by atoms with E-state index in [0.717, 1.165) is 5.56 Å². The number of nitrogens with zero attached hydrogens (tertiary/aromatic N) is 3. The fraction of sp³-hybridized carbons (Fsp3) is 0.211. The third kappa shape index (κ3) is 5.01. The van der Waals surface area contributed by atoms with Crippen LogP contribution in [0.5, 0.6) is 17.2 Å². The molecule has 11 nitrogen and oxygen atoms in total. The van der Waals surface area contributed by atoms with Gasteiger partial charge in [0, 0.05) is 17.7 Å². The van der Waals surface area contributed by atoms with Gasteiger partial charge in [0.1, 0.15) is 11.5 Å². The van der Waals surface area contributed by atoms with Crippen molar-refractivity contribution in [1.82, 2.24) is 15.5 Å². The van der Waals surface area contributed by atoms with Crippen LogP contribution >= 0.6 is 0 Å². The van der Waals surface area contributed by atoms with E-state index in [2.05, 4.69) is 15.5 Å². The van der Waals surface area contributed by atoms with Crippen molar-refractivity contribution >= 4 is 11.6 Å². The van der Waals surface area contributed by atoms with Gasteiger partial charge in [-0.3, -0.25) is 14.9 Å². The van der Waals surface area contributed by atoms with Crippen LogP contribution in [0.15, 0.2) is 47.0 Å². The first-order valence-electron chi connectivity index (χ1n) is 8.69. The molecule has 0 aliphatic heterocycles. The van der Waals surface area contributed by atoms with Crippen molar-refractivity contribution in [2.24, 2.45) is 0 Å². The third-order valence-corrected chi connectivity index (χ3v) is 3.97. The largest absolute Gasteiger partial charge is 0.497 e. The Hall–Kier alpha value is -4.15. The van der Waals surface area contributed by atoms with Crippen molar-refractivity contribution < 1.29 is 28.5 Å². The van der Waals surface area contributed by atoms with Gasteiger partial charge in [0.2, 0.25) is 17.5 Å². The molecule has 0 unspecified atom stereocenters. The predicted octanol–water partition coefficient (Wildman–Crippen LogP) is 2.36. The first kappa shape index (κ1) is 20.6. The topological polar surface area (TPSA) is 139 Å². The number of nitro benzene ring substituents is 1. The fourth-order valence-electron chi connectivity index (χ4n) is 2.46. The Morgan fingerprint density at radius 2 is 1.87 bits per heavy atom. The number of carbonyl (C=O) groups excluding carboxylic acids is 1. The zero-order valence-electron chi connectivity index (χ0n) is 16.2. The summed E-state index contributed by atoms with van der Waals surface area (Å²) in [6.45, 7) is -0.282. The molecule has 0 bridgehead atoms. The highest BCUT2D eigenvalue weighted by atomic mass is 16.6. The van der Waals surface area contributed by atoms with Gasteiger partial charge in [-0.2, -0.15) is 4.98 Å². The van der Waals surface area contributed by atoms with E-state index in [1.54, 1.807) is 31.4 Å². The van der Waals surface area contributed by atoms with E-state index in [-0.39, 0.29) is 36.2 Å². The van der Waals surface area contributed by atoms with E-state index in [4.69, 9.17) is 18.7 Å². The summed E-state index contributed by atoms with van der Waals surface area (Å²) in [5.74, 6) is 1.18. The summed E-state index contributed by atoms with van der Waals surface area (Å²) < 4.78 is 20.5. The zero-order valence-corrected chi connectivity index (χ0v) is 16.2. The molecule has 0 saturated heterocycles. The Morgan fingerprint density at radius 1 is 1.13 bits per heavy atom. The SMILES string of the molecule is COc1ccc(-c2noc(CNC(=O)COc3ccc([N+](=O)[O-])c(OC)c3)n2)cc1. The van der Waals surface area contributed by atoms with Crippen LogP contribution < -0.4 is 19.5 Å². The number of carbonyl (C=O) groups is 1. The Balaban J connectivity index is 1.51. The predicted molar refractivity (Wildman–Crippen MR) is 103 cm³/mol. The average molecular weight is 414 g/mol. The summed E-state index contributed by atoms with van der Waals surface area (Å²) in [5, 5.41) is 17.4. The van der Waals surface area contributed by atoms with E-state index in [0.29, 0.717) is 11.6 Å². The van der Waals surface area contributed by atoms with Gasteiger partial charge in [0.05, 0.1) is 25.7 Å². The lowest BCUT2D eigenvalue weighted by molar-refractivity contribution is -0.385. The van der Waals surface area contributed by atoms with Gasteiger partial charge in [0.15, 0.2) is 6.61 Å². The maximum Gasteiger partial charge on any atom is 0.311 e. The van der Waals surface area contributed by atoms with Crippen LogP contribution in [0.25, 0.3) is 11.4 Å². The second-order valence-electron chi connectivity index (χ2n) is 5.90. The molecule has 0 fully saturated rings.